The van der Waals surface area contributed by atoms with Gasteiger partial charge in [0.05, 0.1) is 6.42 Å². The third kappa shape index (κ3) is 2.65. The fourth-order valence-electron chi connectivity index (χ4n) is 2.15. The van der Waals surface area contributed by atoms with Gasteiger partial charge in [0.1, 0.15) is 0 Å². The largest absolute Gasteiger partial charge is 0.481 e. The molecular weight excluding hydrogens is 208 g/mol. The van der Waals surface area contributed by atoms with E-state index in [1.165, 1.54) is 19.3 Å². The molecule has 0 aromatic heterocycles. The Kier molecular flexibility index (Phi) is 3.31. The van der Waals surface area contributed by atoms with Crippen LogP contribution in [0.25, 0.3) is 0 Å². The summed E-state index contributed by atoms with van der Waals surface area (Å²) in [6.45, 7) is 1.95. The number of nitrogens with one attached hydrogen (secondary N) is 1. The van der Waals surface area contributed by atoms with Crippen LogP contribution in [-0.2, 0) is 4.79 Å². The number of carboxylic acids is 1. The quantitative estimate of drug-likeness (QED) is 0.748. The highest BCUT2D eigenvalue weighted by atomic mass is 16.4. The van der Waals surface area contributed by atoms with E-state index in [-0.39, 0.29) is 18.4 Å². The van der Waals surface area contributed by atoms with Crippen LogP contribution in [0, 0.1) is 11.8 Å². The minimum absolute atomic E-state index is 0.0338. The molecule has 2 rings (SSSR count). The van der Waals surface area contributed by atoms with Crippen molar-refractivity contribution in [2.45, 2.75) is 25.7 Å². The molecule has 0 unspecified atom stereocenters. The zero-order valence-electron chi connectivity index (χ0n) is 9.32. The number of hydrogen-bond acceptors (Lipinski definition) is 2. The molecule has 0 radical (unpaired) electrons. The van der Waals surface area contributed by atoms with Crippen LogP contribution in [0.4, 0.5) is 4.79 Å². The van der Waals surface area contributed by atoms with Crippen molar-refractivity contribution >= 4 is 12.0 Å². The Balaban J connectivity index is 1.59. The molecule has 2 aliphatic rings. The number of hydrogen-bond donors (Lipinski definition) is 2. The van der Waals surface area contributed by atoms with Crippen LogP contribution >= 0.6 is 0 Å². The number of likely N-dealkylation sites (tertiary alicyclic amines) is 1. The fourth-order valence-corrected chi connectivity index (χ4v) is 2.15. The molecule has 0 atom stereocenters. The highest BCUT2D eigenvalue weighted by Gasteiger charge is 2.32. The van der Waals surface area contributed by atoms with Crippen LogP contribution < -0.4 is 5.32 Å². The summed E-state index contributed by atoms with van der Waals surface area (Å²) in [5, 5.41) is 11.5. The molecule has 1 saturated carbocycles. The minimum atomic E-state index is -0.778. The first-order chi connectivity index (χ1) is 7.65. The summed E-state index contributed by atoms with van der Waals surface area (Å²) >= 11 is 0. The number of aliphatic carboxylic acids is 1. The molecule has 2 fully saturated rings. The van der Waals surface area contributed by atoms with Crippen molar-refractivity contribution < 1.29 is 14.7 Å². The molecule has 5 nitrogen and oxygen atoms in total. The van der Waals surface area contributed by atoms with Gasteiger partial charge in [-0.25, -0.2) is 4.79 Å². The zero-order valence-corrected chi connectivity index (χ0v) is 9.32. The highest BCUT2D eigenvalue weighted by molar-refractivity contribution is 5.75. The van der Waals surface area contributed by atoms with E-state index in [2.05, 4.69) is 5.32 Å². The summed E-state index contributed by atoms with van der Waals surface area (Å²) < 4.78 is 0. The predicted octanol–water partition coefficient (Wildman–Crippen LogP) is 0.903. The van der Waals surface area contributed by atoms with Crippen LogP contribution in [0.1, 0.15) is 25.7 Å². The van der Waals surface area contributed by atoms with Gasteiger partial charge in [0.15, 0.2) is 0 Å². The highest BCUT2D eigenvalue weighted by Crippen LogP contribution is 2.25. The van der Waals surface area contributed by atoms with Gasteiger partial charge in [-0.3, -0.25) is 4.79 Å². The number of rotatable bonds is 4. The van der Waals surface area contributed by atoms with Gasteiger partial charge in [-0.1, -0.05) is 6.42 Å². The van der Waals surface area contributed by atoms with Crippen molar-refractivity contribution in [3.8, 4) is 0 Å². The maximum Gasteiger partial charge on any atom is 0.317 e. The SMILES string of the molecule is O=C(O)CC1CN(C(=O)NCC2CCC2)C1. The second-order valence-electron chi connectivity index (χ2n) is 4.85. The summed E-state index contributed by atoms with van der Waals surface area (Å²) in [5.74, 6) is 0.0338. The lowest BCUT2D eigenvalue weighted by atomic mass is 9.85. The summed E-state index contributed by atoms with van der Waals surface area (Å²) in [4.78, 5) is 23.7. The van der Waals surface area contributed by atoms with E-state index in [9.17, 15) is 9.59 Å². The molecule has 5 heteroatoms. The zero-order chi connectivity index (χ0) is 11.5. The third-order valence-corrected chi connectivity index (χ3v) is 3.47. The van der Waals surface area contributed by atoms with Crippen molar-refractivity contribution in [2.75, 3.05) is 19.6 Å². The summed E-state index contributed by atoms with van der Waals surface area (Å²) in [7, 11) is 0. The standard InChI is InChI=1S/C11H18N2O3/c14-10(15)4-9-6-13(7-9)11(16)12-5-8-2-1-3-8/h8-9H,1-7H2,(H,12,16)(H,14,15). The lowest BCUT2D eigenvalue weighted by Gasteiger charge is -2.39. The summed E-state index contributed by atoms with van der Waals surface area (Å²) in [5.41, 5.74) is 0. The average molecular weight is 226 g/mol. The number of carboxylic acid groups (broad SMARTS) is 1. The van der Waals surface area contributed by atoms with Crippen molar-refractivity contribution in [3.05, 3.63) is 0 Å². The van der Waals surface area contributed by atoms with Crippen LogP contribution in [0.5, 0.6) is 0 Å². The second-order valence-corrected chi connectivity index (χ2v) is 4.85. The average Bonchev–Trinajstić information content (AvgIpc) is 2.07. The molecule has 2 N–H and O–H groups in total. The molecule has 0 aromatic carbocycles. The smallest absolute Gasteiger partial charge is 0.317 e. The van der Waals surface area contributed by atoms with E-state index in [4.69, 9.17) is 5.11 Å². The van der Waals surface area contributed by atoms with E-state index in [1.807, 2.05) is 0 Å². The topological polar surface area (TPSA) is 69.6 Å². The molecule has 1 aliphatic heterocycles. The monoisotopic (exact) mass is 226 g/mol. The van der Waals surface area contributed by atoms with Gasteiger partial charge >= 0.3 is 12.0 Å². The summed E-state index contributed by atoms with van der Waals surface area (Å²) in [6.07, 6.45) is 3.90. The van der Waals surface area contributed by atoms with Crippen molar-refractivity contribution in [2.24, 2.45) is 11.8 Å². The van der Waals surface area contributed by atoms with Crippen LogP contribution in [0.3, 0.4) is 0 Å². The molecule has 2 amide bonds. The Morgan fingerprint density at radius 3 is 2.44 bits per heavy atom. The maximum absolute atomic E-state index is 11.6. The van der Waals surface area contributed by atoms with Gasteiger partial charge in [0.25, 0.3) is 0 Å². The van der Waals surface area contributed by atoms with E-state index in [0.29, 0.717) is 19.0 Å². The number of carbonyl (C=O) groups is 2. The molecule has 1 saturated heterocycles. The molecule has 1 heterocycles. The first-order valence-corrected chi connectivity index (χ1v) is 5.89. The lowest BCUT2D eigenvalue weighted by molar-refractivity contribution is -0.139. The number of nitrogens with zero attached hydrogens (tertiary/aromatic N) is 1. The van der Waals surface area contributed by atoms with Gasteiger partial charge in [0.2, 0.25) is 0 Å². The van der Waals surface area contributed by atoms with Crippen molar-refractivity contribution in [1.82, 2.24) is 10.2 Å². The lowest BCUT2D eigenvalue weighted by Crippen LogP contribution is -2.54. The molecule has 0 aromatic rings. The Labute approximate surface area is 94.8 Å². The van der Waals surface area contributed by atoms with E-state index >= 15 is 0 Å². The third-order valence-electron chi connectivity index (χ3n) is 3.47. The first-order valence-electron chi connectivity index (χ1n) is 5.89. The van der Waals surface area contributed by atoms with E-state index in [0.717, 1.165) is 6.54 Å². The molecule has 0 spiro atoms. The van der Waals surface area contributed by atoms with E-state index < -0.39 is 5.97 Å². The van der Waals surface area contributed by atoms with Crippen molar-refractivity contribution in [3.63, 3.8) is 0 Å². The second kappa shape index (κ2) is 4.72. The van der Waals surface area contributed by atoms with Crippen LogP contribution in [-0.4, -0.2) is 41.6 Å². The molecular formula is C11H18N2O3. The maximum atomic E-state index is 11.6. The van der Waals surface area contributed by atoms with E-state index in [1.54, 1.807) is 4.90 Å². The molecule has 90 valence electrons. The van der Waals surface area contributed by atoms with Crippen LogP contribution in [0.15, 0.2) is 0 Å². The van der Waals surface area contributed by atoms with Gasteiger partial charge in [0, 0.05) is 25.6 Å². The Morgan fingerprint density at radius 2 is 1.94 bits per heavy atom. The van der Waals surface area contributed by atoms with Gasteiger partial charge in [-0.05, 0) is 18.8 Å². The normalized spacial score (nSPS) is 21.1. The molecule has 1 aliphatic carbocycles. The van der Waals surface area contributed by atoms with Crippen LogP contribution in [0.2, 0.25) is 0 Å². The van der Waals surface area contributed by atoms with Crippen molar-refractivity contribution in [1.29, 1.82) is 0 Å². The number of carbonyl (C=O) groups excluding carboxylic acids is 1. The van der Waals surface area contributed by atoms with Gasteiger partial charge in [-0.2, -0.15) is 0 Å². The first kappa shape index (κ1) is 11.2. The Bertz CT molecular complexity index is 283. The van der Waals surface area contributed by atoms with Gasteiger partial charge in [-0.15, -0.1) is 0 Å². The Morgan fingerprint density at radius 1 is 1.25 bits per heavy atom. The minimum Gasteiger partial charge on any atom is -0.481 e. The number of urea groups is 1. The predicted molar refractivity (Wildman–Crippen MR) is 58.1 cm³/mol. The molecule has 0 bridgehead atoms. The molecule has 16 heavy (non-hydrogen) atoms. The fraction of sp³-hybridized carbons (Fsp3) is 0.818. The Hall–Kier alpha value is -1.26. The summed E-state index contributed by atoms with van der Waals surface area (Å²) in [6, 6.07) is -0.0338. The number of amides is 2. The van der Waals surface area contributed by atoms with Gasteiger partial charge < -0.3 is 15.3 Å².